The van der Waals surface area contributed by atoms with E-state index >= 15 is 0 Å². The molecule has 2 aromatic carbocycles. The Morgan fingerprint density at radius 2 is 1.94 bits per heavy atom. The maximum absolute atomic E-state index is 11.1. The number of benzene rings is 2. The summed E-state index contributed by atoms with van der Waals surface area (Å²) in [6, 6.07) is 10.4. The van der Waals surface area contributed by atoms with Gasteiger partial charge in [-0.3, -0.25) is 20.2 Å². The van der Waals surface area contributed by atoms with Crippen LogP contribution in [0.4, 0.5) is 11.4 Å². The summed E-state index contributed by atoms with van der Waals surface area (Å²) in [7, 11) is 1.67. The fourth-order valence-electron chi connectivity index (χ4n) is 2.98. The molecule has 170 valence electrons. The number of hydrogen-bond donors (Lipinski definition) is 4. The van der Waals surface area contributed by atoms with E-state index in [0.717, 1.165) is 12.1 Å². The lowest BCUT2D eigenvalue weighted by atomic mass is 10.1. The summed E-state index contributed by atoms with van der Waals surface area (Å²) in [4.78, 5) is 21.4. The smallest absolute Gasteiger partial charge is 0.342 e. The first-order valence-corrected chi connectivity index (χ1v) is 10.0. The van der Waals surface area contributed by atoms with Crippen molar-refractivity contribution in [2.45, 2.75) is 6.92 Å². The second kappa shape index (κ2) is 9.63. The van der Waals surface area contributed by atoms with E-state index in [1.165, 1.54) is 10.7 Å². The molecule has 0 radical (unpaired) electrons. The zero-order valence-corrected chi connectivity index (χ0v) is 18.8. The van der Waals surface area contributed by atoms with Gasteiger partial charge in [0.15, 0.2) is 16.6 Å². The first-order valence-electron chi connectivity index (χ1n) is 9.23. The van der Waals surface area contributed by atoms with Crippen LogP contribution in [0.2, 0.25) is 5.02 Å². The van der Waals surface area contributed by atoms with Crippen LogP contribution in [0.1, 0.15) is 23.0 Å². The van der Waals surface area contributed by atoms with Crippen LogP contribution in [0.25, 0.3) is 11.3 Å². The third-order valence-electron chi connectivity index (χ3n) is 4.49. The van der Waals surface area contributed by atoms with Crippen LogP contribution >= 0.6 is 23.8 Å². The lowest BCUT2D eigenvalue weighted by Gasteiger charge is -2.08. The molecule has 0 aliphatic heterocycles. The van der Waals surface area contributed by atoms with Gasteiger partial charge in [-0.1, -0.05) is 23.7 Å². The molecule has 11 nitrogen and oxygen atoms in total. The number of hydrogen-bond acceptors (Lipinski definition) is 7. The summed E-state index contributed by atoms with van der Waals surface area (Å²) in [6.45, 7) is 1.61. The molecule has 0 atom stereocenters. The summed E-state index contributed by atoms with van der Waals surface area (Å²) >= 11 is 11.1. The second-order valence-electron chi connectivity index (χ2n) is 6.73. The number of carboxylic acid groups (broad SMARTS) is 1. The number of nitrogens with one attached hydrogen (secondary N) is 2. The number of anilines is 1. The first kappa shape index (κ1) is 23.6. The Balaban J connectivity index is 1.77. The number of carbonyl (C=O) groups is 1. The van der Waals surface area contributed by atoms with E-state index in [2.05, 4.69) is 20.9 Å². The fraction of sp³-hybridized carbons (Fsp3) is 0.100. The van der Waals surface area contributed by atoms with E-state index in [1.54, 1.807) is 38.2 Å². The predicted octanol–water partition coefficient (Wildman–Crippen LogP) is 3.76. The van der Waals surface area contributed by atoms with Crippen LogP contribution in [0.15, 0.2) is 47.6 Å². The van der Waals surface area contributed by atoms with Crippen LogP contribution in [-0.2, 0) is 7.05 Å². The molecule has 1 heterocycles. The minimum absolute atomic E-state index is 0.0138. The monoisotopic (exact) mass is 488 g/mol. The highest BCUT2D eigenvalue weighted by atomic mass is 35.5. The van der Waals surface area contributed by atoms with Crippen LogP contribution in [0.5, 0.6) is 5.75 Å². The average Bonchev–Trinajstić information content (AvgIpc) is 3.06. The highest BCUT2D eigenvalue weighted by Gasteiger charge is 2.21. The van der Waals surface area contributed by atoms with Crippen molar-refractivity contribution < 1.29 is 19.9 Å². The lowest BCUT2D eigenvalue weighted by molar-refractivity contribution is -0.385. The molecular weight excluding hydrogens is 472 g/mol. The van der Waals surface area contributed by atoms with E-state index in [1.807, 2.05) is 0 Å². The van der Waals surface area contributed by atoms with Crippen molar-refractivity contribution in [2.75, 3.05) is 5.32 Å². The van der Waals surface area contributed by atoms with E-state index in [9.17, 15) is 20.0 Å². The molecule has 0 aliphatic carbocycles. The van der Waals surface area contributed by atoms with Crippen molar-refractivity contribution in [2.24, 2.45) is 12.1 Å². The molecule has 33 heavy (non-hydrogen) atoms. The van der Waals surface area contributed by atoms with Gasteiger partial charge in [-0.05, 0) is 43.4 Å². The molecule has 0 aliphatic rings. The van der Waals surface area contributed by atoms with Gasteiger partial charge >= 0.3 is 5.97 Å². The number of aromatic carboxylic acids is 1. The first-order chi connectivity index (χ1) is 15.6. The third-order valence-corrected chi connectivity index (χ3v) is 4.94. The molecule has 0 saturated heterocycles. The predicted molar refractivity (Wildman–Crippen MR) is 127 cm³/mol. The SMILES string of the molecule is C/C(=N/NC(=S)Nc1ccc(C(=O)O)c([N+](=O)[O-])c1)c1nn(C)c(-c2ccc(Cl)cc2)c1O. The Morgan fingerprint density at radius 1 is 1.27 bits per heavy atom. The van der Waals surface area contributed by atoms with Crippen LogP contribution < -0.4 is 10.7 Å². The molecule has 0 bridgehead atoms. The summed E-state index contributed by atoms with van der Waals surface area (Å²) in [5.41, 5.74) is 3.46. The Morgan fingerprint density at radius 3 is 2.55 bits per heavy atom. The molecule has 3 aromatic rings. The summed E-state index contributed by atoms with van der Waals surface area (Å²) < 4.78 is 1.51. The van der Waals surface area contributed by atoms with E-state index in [-0.39, 0.29) is 22.2 Å². The van der Waals surface area contributed by atoms with Crippen molar-refractivity contribution in [3.8, 4) is 17.0 Å². The highest BCUT2D eigenvalue weighted by Crippen LogP contribution is 2.32. The molecule has 0 fully saturated rings. The number of hydrazone groups is 1. The number of carboxylic acids is 1. The quantitative estimate of drug-likeness (QED) is 0.175. The Bertz CT molecular complexity index is 1290. The minimum atomic E-state index is -1.41. The molecule has 0 amide bonds. The minimum Gasteiger partial charge on any atom is -0.504 e. The Hall–Kier alpha value is -4.03. The van der Waals surface area contributed by atoms with Gasteiger partial charge in [0.1, 0.15) is 11.3 Å². The van der Waals surface area contributed by atoms with Gasteiger partial charge in [-0.2, -0.15) is 10.2 Å². The number of rotatable bonds is 6. The van der Waals surface area contributed by atoms with Gasteiger partial charge in [0.25, 0.3) is 5.69 Å². The topological polar surface area (TPSA) is 155 Å². The van der Waals surface area contributed by atoms with E-state index in [4.69, 9.17) is 28.9 Å². The maximum atomic E-state index is 11.1. The van der Waals surface area contributed by atoms with Gasteiger partial charge in [0.05, 0.1) is 10.6 Å². The molecular formula is C20H17ClN6O5S. The molecule has 0 unspecified atom stereocenters. The normalized spacial score (nSPS) is 11.2. The van der Waals surface area contributed by atoms with Gasteiger partial charge < -0.3 is 15.5 Å². The Kier molecular flexibility index (Phi) is 6.89. The number of halogens is 1. The van der Waals surface area contributed by atoms with Crippen molar-refractivity contribution in [1.29, 1.82) is 0 Å². The number of nitrogens with zero attached hydrogens (tertiary/aromatic N) is 4. The van der Waals surface area contributed by atoms with Crippen LogP contribution in [0.3, 0.4) is 0 Å². The molecule has 13 heteroatoms. The van der Waals surface area contributed by atoms with Gasteiger partial charge in [-0.15, -0.1) is 0 Å². The van der Waals surface area contributed by atoms with Crippen molar-refractivity contribution in [3.05, 3.63) is 68.9 Å². The number of aromatic nitrogens is 2. The van der Waals surface area contributed by atoms with Crippen LogP contribution in [0, 0.1) is 10.1 Å². The number of aryl methyl sites for hydroxylation is 1. The fourth-order valence-corrected chi connectivity index (χ4v) is 3.27. The summed E-state index contributed by atoms with van der Waals surface area (Å²) in [5, 5.41) is 42.5. The Labute approximate surface area is 197 Å². The van der Waals surface area contributed by atoms with Crippen LogP contribution in [-0.4, -0.2) is 41.7 Å². The van der Waals surface area contributed by atoms with E-state index < -0.39 is 22.1 Å². The molecule has 1 aromatic heterocycles. The van der Waals surface area contributed by atoms with Crippen molar-refractivity contribution in [3.63, 3.8) is 0 Å². The largest absolute Gasteiger partial charge is 0.504 e. The average molecular weight is 489 g/mol. The lowest BCUT2D eigenvalue weighted by Crippen LogP contribution is -2.25. The number of aromatic hydroxyl groups is 1. The zero-order valence-electron chi connectivity index (χ0n) is 17.2. The van der Waals surface area contributed by atoms with Crippen molar-refractivity contribution in [1.82, 2.24) is 15.2 Å². The number of thiocarbonyl (C=S) groups is 1. The second-order valence-corrected chi connectivity index (χ2v) is 7.58. The molecule has 0 spiro atoms. The van der Waals surface area contributed by atoms with Crippen molar-refractivity contribution >= 4 is 52.0 Å². The highest BCUT2D eigenvalue weighted by molar-refractivity contribution is 7.80. The third kappa shape index (κ3) is 5.25. The molecule has 0 saturated carbocycles. The summed E-state index contributed by atoms with van der Waals surface area (Å²) in [6.07, 6.45) is 0. The van der Waals surface area contributed by atoms with Gasteiger partial charge in [0, 0.05) is 29.4 Å². The summed E-state index contributed by atoms with van der Waals surface area (Å²) in [5.74, 6) is -1.50. The maximum Gasteiger partial charge on any atom is 0.342 e. The van der Waals surface area contributed by atoms with E-state index in [0.29, 0.717) is 22.0 Å². The van der Waals surface area contributed by atoms with Gasteiger partial charge in [0.2, 0.25) is 0 Å². The number of nitro benzene ring substituents is 1. The zero-order chi connectivity index (χ0) is 24.3. The molecule has 4 N–H and O–H groups in total. The van der Waals surface area contributed by atoms with Gasteiger partial charge in [-0.25, -0.2) is 4.79 Å². The molecule has 3 rings (SSSR count). The number of nitro groups is 1. The standard InChI is InChI=1S/C20H17ClN6O5S/c1-10(16-18(28)17(26(2)25-16)11-3-5-12(21)6-4-11)23-24-20(33)22-13-7-8-14(19(29)30)15(9-13)27(31)32/h3-9,28H,1-2H3,(H,29,30)(H2,22,24,33)/b23-10-.